The zero-order valence-corrected chi connectivity index (χ0v) is 16.4. The van der Waals surface area contributed by atoms with Crippen LogP contribution in [0.2, 0.25) is 0 Å². The fourth-order valence-electron chi connectivity index (χ4n) is 3.73. The summed E-state index contributed by atoms with van der Waals surface area (Å²) < 4.78 is 5.62. The first kappa shape index (κ1) is 19.8. The van der Waals surface area contributed by atoms with E-state index in [9.17, 15) is 14.4 Å². The molecule has 4 rings (SSSR count). The number of fused-ring (bicyclic) bond motifs is 1. The Bertz CT molecular complexity index is 993. The minimum atomic E-state index is -0.594. The van der Waals surface area contributed by atoms with Crippen molar-refractivity contribution in [1.29, 1.82) is 0 Å². The van der Waals surface area contributed by atoms with Gasteiger partial charge in [0.15, 0.2) is 0 Å². The van der Waals surface area contributed by atoms with Crippen LogP contribution in [0.5, 0.6) is 5.75 Å². The number of nitrogens with zero attached hydrogens (tertiary/aromatic N) is 2. The summed E-state index contributed by atoms with van der Waals surface area (Å²) in [6.07, 6.45) is 2.21. The number of carbonyl (C=O) groups excluding carboxylic acids is 3. The van der Waals surface area contributed by atoms with Crippen LogP contribution >= 0.6 is 0 Å². The average Bonchev–Trinajstić information content (AvgIpc) is 3.03. The molecule has 0 bridgehead atoms. The summed E-state index contributed by atoms with van der Waals surface area (Å²) in [7, 11) is 0. The van der Waals surface area contributed by atoms with Crippen LogP contribution in [-0.2, 0) is 22.7 Å². The number of aromatic nitrogens is 1. The van der Waals surface area contributed by atoms with Crippen molar-refractivity contribution in [2.75, 3.05) is 18.9 Å². The van der Waals surface area contributed by atoms with Crippen LogP contribution in [0.3, 0.4) is 0 Å². The lowest BCUT2D eigenvalue weighted by Crippen LogP contribution is -2.52. The van der Waals surface area contributed by atoms with Crippen LogP contribution in [0.25, 0.3) is 0 Å². The molecule has 1 fully saturated rings. The van der Waals surface area contributed by atoms with E-state index in [-0.39, 0.29) is 18.2 Å². The lowest BCUT2D eigenvalue weighted by atomic mass is 10.0. The topological polar surface area (TPSA) is 127 Å². The molecule has 0 spiro atoms. The summed E-state index contributed by atoms with van der Waals surface area (Å²) in [6.45, 7) is 2.12. The Hall–Kier alpha value is -3.46. The fourth-order valence-corrected chi connectivity index (χ4v) is 3.73. The number of ether oxygens (including phenoxy) is 1. The van der Waals surface area contributed by atoms with E-state index in [4.69, 9.17) is 10.5 Å². The highest BCUT2D eigenvalue weighted by Crippen LogP contribution is 2.28. The first-order valence-electron chi connectivity index (χ1n) is 9.83. The minimum Gasteiger partial charge on any atom is -0.492 e. The van der Waals surface area contributed by atoms with Gasteiger partial charge in [-0.2, -0.15) is 0 Å². The maximum absolute atomic E-state index is 12.7. The number of pyridine rings is 1. The van der Waals surface area contributed by atoms with Gasteiger partial charge in [-0.3, -0.25) is 19.7 Å². The van der Waals surface area contributed by atoms with Gasteiger partial charge in [0, 0.05) is 43.9 Å². The second-order valence-corrected chi connectivity index (χ2v) is 7.33. The first-order valence-corrected chi connectivity index (χ1v) is 9.83. The number of rotatable bonds is 7. The Kier molecular flexibility index (Phi) is 5.62. The molecule has 2 aliphatic heterocycles. The Balaban J connectivity index is 1.29. The molecule has 0 aliphatic carbocycles. The van der Waals surface area contributed by atoms with Crippen molar-refractivity contribution in [2.45, 2.75) is 32.0 Å². The van der Waals surface area contributed by atoms with E-state index in [0.717, 1.165) is 11.1 Å². The lowest BCUT2D eigenvalue weighted by Gasteiger charge is -2.29. The maximum atomic E-state index is 12.7. The van der Waals surface area contributed by atoms with Crippen molar-refractivity contribution < 1.29 is 19.1 Å². The van der Waals surface area contributed by atoms with Gasteiger partial charge in [-0.05, 0) is 29.7 Å². The maximum Gasteiger partial charge on any atom is 0.255 e. The molecule has 4 N–H and O–H groups in total. The third kappa shape index (κ3) is 4.25. The molecule has 9 heteroatoms. The molecule has 2 aliphatic rings. The molecule has 30 heavy (non-hydrogen) atoms. The van der Waals surface area contributed by atoms with Crippen LogP contribution in [0.4, 0.5) is 5.82 Å². The Morgan fingerprint density at radius 1 is 1.23 bits per heavy atom. The zero-order valence-electron chi connectivity index (χ0n) is 16.4. The van der Waals surface area contributed by atoms with E-state index < -0.39 is 11.9 Å². The van der Waals surface area contributed by atoms with Gasteiger partial charge in [0.25, 0.3) is 5.91 Å². The van der Waals surface area contributed by atoms with Crippen LogP contribution in [0.1, 0.15) is 34.3 Å². The summed E-state index contributed by atoms with van der Waals surface area (Å²) in [5.41, 5.74) is 8.17. The predicted octanol–water partition coefficient (Wildman–Crippen LogP) is 0.593. The van der Waals surface area contributed by atoms with E-state index >= 15 is 0 Å². The van der Waals surface area contributed by atoms with Gasteiger partial charge in [-0.15, -0.1) is 0 Å². The molecular weight excluding hydrogens is 386 g/mol. The number of imide groups is 1. The van der Waals surface area contributed by atoms with Crippen molar-refractivity contribution in [3.05, 3.63) is 53.2 Å². The SMILES string of the molecule is Nc1cc(OCCNCc2ccc3c(c2)CN(C2CCC(=O)NC2=O)C3=O)ccn1. The Labute approximate surface area is 173 Å². The second kappa shape index (κ2) is 8.50. The molecule has 1 aromatic carbocycles. The van der Waals surface area contributed by atoms with Gasteiger partial charge in [0.1, 0.15) is 24.2 Å². The molecule has 3 amide bonds. The third-order valence-corrected chi connectivity index (χ3v) is 5.22. The minimum absolute atomic E-state index is 0.163. The number of nitrogens with two attached hydrogens (primary N) is 1. The highest BCUT2D eigenvalue weighted by molar-refractivity contribution is 6.05. The highest BCUT2D eigenvalue weighted by atomic mass is 16.5. The molecule has 1 unspecified atom stereocenters. The molecule has 156 valence electrons. The quantitative estimate of drug-likeness (QED) is 0.451. The van der Waals surface area contributed by atoms with Crippen LogP contribution in [0, 0.1) is 0 Å². The number of nitrogen functional groups attached to an aromatic ring is 1. The van der Waals surface area contributed by atoms with Crippen LogP contribution < -0.4 is 21.1 Å². The number of piperidine rings is 1. The molecule has 0 saturated carbocycles. The number of carbonyl (C=O) groups is 3. The second-order valence-electron chi connectivity index (χ2n) is 7.33. The van der Waals surface area contributed by atoms with Crippen molar-refractivity contribution in [2.24, 2.45) is 0 Å². The van der Waals surface area contributed by atoms with Crippen molar-refractivity contribution in [3.63, 3.8) is 0 Å². The number of amides is 3. The zero-order chi connectivity index (χ0) is 21.1. The molecule has 2 aromatic rings. The van der Waals surface area contributed by atoms with E-state index in [1.54, 1.807) is 29.3 Å². The van der Waals surface area contributed by atoms with E-state index in [2.05, 4.69) is 15.6 Å². The van der Waals surface area contributed by atoms with Gasteiger partial charge in [-0.1, -0.05) is 12.1 Å². The lowest BCUT2D eigenvalue weighted by molar-refractivity contribution is -0.136. The Morgan fingerprint density at radius 3 is 2.90 bits per heavy atom. The molecule has 1 atom stereocenters. The normalized spacial score (nSPS) is 18.3. The standard InChI is InChI=1S/C21H23N5O4/c22-18-10-15(5-6-24-18)30-8-7-23-11-13-1-2-16-14(9-13)12-26(21(16)29)17-3-4-19(27)25-20(17)28/h1-2,5-6,9-10,17,23H,3-4,7-8,11-12H2,(H2,22,24)(H,25,27,28). The molecule has 1 aromatic heterocycles. The summed E-state index contributed by atoms with van der Waals surface area (Å²) in [6, 6.07) is 8.52. The van der Waals surface area contributed by atoms with E-state index in [1.165, 1.54) is 0 Å². The predicted molar refractivity (Wildman–Crippen MR) is 108 cm³/mol. The monoisotopic (exact) mass is 409 g/mol. The van der Waals surface area contributed by atoms with Gasteiger partial charge in [0.05, 0.1) is 0 Å². The van der Waals surface area contributed by atoms with Crippen molar-refractivity contribution in [3.8, 4) is 5.75 Å². The summed E-state index contributed by atoms with van der Waals surface area (Å²) in [5.74, 6) is 0.243. The van der Waals surface area contributed by atoms with Gasteiger partial charge < -0.3 is 20.7 Å². The molecular formula is C21H23N5O4. The smallest absolute Gasteiger partial charge is 0.255 e. The van der Waals surface area contributed by atoms with Gasteiger partial charge >= 0.3 is 0 Å². The molecule has 1 saturated heterocycles. The summed E-state index contributed by atoms with van der Waals surface area (Å²) >= 11 is 0. The average molecular weight is 409 g/mol. The summed E-state index contributed by atoms with van der Waals surface area (Å²) in [5, 5.41) is 5.62. The van der Waals surface area contributed by atoms with Gasteiger partial charge in [0.2, 0.25) is 11.8 Å². The number of hydrogen-bond acceptors (Lipinski definition) is 7. The first-order chi connectivity index (χ1) is 14.5. The molecule has 0 radical (unpaired) electrons. The number of anilines is 1. The fraction of sp³-hybridized carbons (Fsp3) is 0.333. The highest BCUT2D eigenvalue weighted by Gasteiger charge is 2.38. The molecule has 3 heterocycles. The van der Waals surface area contributed by atoms with E-state index in [0.29, 0.717) is 49.8 Å². The largest absolute Gasteiger partial charge is 0.492 e. The molecule has 9 nitrogen and oxygen atoms in total. The van der Waals surface area contributed by atoms with Gasteiger partial charge in [-0.25, -0.2) is 4.98 Å². The summed E-state index contributed by atoms with van der Waals surface area (Å²) in [4.78, 5) is 41.7. The third-order valence-electron chi connectivity index (χ3n) is 5.22. The number of nitrogens with one attached hydrogen (secondary N) is 2. The van der Waals surface area contributed by atoms with Crippen LogP contribution in [-0.4, -0.2) is 46.8 Å². The van der Waals surface area contributed by atoms with Crippen LogP contribution in [0.15, 0.2) is 36.5 Å². The van der Waals surface area contributed by atoms with Crippen molar-refractivity contribution >= 4 is 23.5 Å². The number of hydrogen-bond donors (Lipinski definition) is 3. The number of benzene rings is 1. The van der Waals surface area contributed by atoms with Crippen molar-refractivity contribution in [1.82, 2.24) is 20.5 Å². The Morgan fingerprint density at radius 2 is 2.10 bits per heavy atom. The van der Waals surface area contributed by atoms with E-state index in [1.807, 2.05) is 12.1 Å².